The molecular formula is C26H40N8O6S. The number of nitrogens with one attached hydrogen (secondary N) is 3. The Bertz CT molecular complexity index is 1290. The lowest BCUT2D eigenvalue weighted by Gasteiger charge is -2.32. The summed E-state index contributed by atoms with van der Waals surface area (Å²) in [6.07, 6.45) is 5.60. The normalized spacial score (nSPS) is 15.3. The van der Waals surface area contributed by atoms with Crippen LogP contribution in [0.3, 0.4) is 0 Å². The summed E-state index contributed by atoms with van der Waals surface area (Å²) in [5.41, 5.74) is 1.45. The second kappa shape index (κ2) is 14.9. The van der Waals surface area contributed by atoms with Crippen molar-refractivity contribution in [3.63, 3.8) is 0 Å². The standard InChI is InChI=1S/C26H40N8O6S/c1-4-5-15-41(39,40)31-22(25(36)37)17-34-21(8-12-28-34)16-32(3)23(35)18-33-13-9-20(10-14-33)29-26(38)30-24-19(2)7-6-11-27-24/h6-8,11-12,20,22,31H,4-5,9-10,13-18H2,1-3H3,(H,36,37)(H2,27,29,30,38). The van der Waals surface area contributed by atoms with Gasteiger partial charge in [0.25, 0.3) is 0 Å². The second-order valence-corrected chi connectivity index (χ2v) is 12.1. The van der Waals surface area contributed by atoms with Crippen molar-refractivity contribution in [1.29, 1.82) is 0 Å². The Morgan fingerprint density at radius 3 is 2.59 bits per heavy atom. The molecule has 0 aliphatic carbocycles. The van der Waals surface area contributed by atoms with E-state index in [1.54, 1.807) is 25.4 Å². The summed E-state index contributed by atoms with van der Waals surface area (Å²) in [5.74, 6) is -1.06. The molecule has 0 saturated carbocycles. The zero-order chi connectivity index (χ0) is 30.0. The van der Waals surface area contributed by atoms with Crippen LogP contribution in [-0.2, 0) is 32.7 Å². The Kier molecular flexibility index (Phi) is 11.6. The lowest BCUT2D eigenvalue weighted by molar-refractivity contribution is -0.139. The number of amides is 3. The van der Waals surface area contributed by atoms with Crippen molar-refractivity contribution in [2.45, 2.75) is 64.7 Å². The maximum absolute atomic E-state index is 12.9. The highest BCUT2D eigenvalue weighted by molar-refractivity contribution is 7.89. The van der Waals surface area contributed by atoms with E-state index in [1.165, 1.54) is 15.8 Å². The number of aromatic nitrogens is 3. The monoisotopic (exact) mass is 592 g/mol. The number of likely N-dealkylation sites (tertiary alicyclic amines) is 1. The highest BCUT2D eigenvalue weighted by Gasteiger charge is 2.27. The van der Waals surface area contributed by atoms with Gasteiger partial charge in [0.15, 0.2) is 0 Å². The molecular weight excluding hydrogens is 552 g/mol. The minimum Gasteiger partial charge on any atom is -0.480 e. The van der Waals surface area contributed by atoms with Crippen LogP contribution in [0.1, 0.15) is 43.9 Å². The number of aryl methyl sites for hydroxylation is 1. The molecule has 3 heterocycles. The molecule has 0 radical (unpaired) electrons. The summed E-state index contributed by atoms with van der Waals surface area (Å²) in [5, 5.41) is 19.5. The number of likely N-dealkylation sites (N-methyl/N-ethyl adjacent to an activating group) is 1. The number of carbonyl (C=O) groups is 3. The number of sulfonamides is 1. The largest absolute Gasteiger partial charge is 0.480 e. The molecule has 226 valence electrons. The van der Waals surface area contributed by atoms with Crippen LogP contribution in [-0.4, -0.2) is 101 Å². The Morgan fingerprint density at radius 2 is 1.93 bits per heavy atom. The van der Waals surface area contributed by atoms with Crippen molar-refractivity contribution in [2.24, 2.45) is 0 Å². The van der Waals surface area contributed by atoms with E-state index >= 15 is 0 Å². The average Bonchev–Trinajstić information content (AvgIpc) is 3.35. The molecule has 3 rings (SSSR count). The van der Waals surface area contributed by atoms with Gasteiger partial charge in [-0.05, 0) is 43.9 Å². The van der Waals surface area contributed by atoms with Crippen molar-refractivity contribution in [2.75, 3.05) is 37.8 Å². The first kappa shape index (κ1) is 32.0. The number of hydrogen-bond acceptors (Lipinski definition) is 8. The van der Waals surface area contributed by atoms with Crippen LogP contribution < -0.4 is 15.4 Å². The molecule has 1 aliphatic rings. The Hall–Kier alpha value is -3.56. The molecule has 14 nitrogen and oxygen atoms in total. The topological polar surface area (TPSA) is 179 Å². The summed E-state index contributed by atoms with van der Waals surface area (Å²) in [4.78, 5) is 44.8. The number of piperidine rings is 1. The first-order chi connectivity index (χ1) is 19.5. The SMILES string of the molecule is CCCCS(=O)(=O)NC(Cn1nccc1CN(C)C(=O)CN1CCC(NC(=O)Nc2ncccc2C)CC1)C(=O)O. The number of nitrogens with zero attached hydrogens (tertiary/aromatic N) is 5. The zero-order valence-electron chi connectivity index (χ0n) is 23.7. The number of unbranched alkanes of at least 4 members (excludes halogenated alkanes) is 1. The van der Waals surface area contributed by atoms with Crippen LogP contribution in [0.25, 0.3) is 0 Å². The molecule has 3 amide bonds. The Morgan fingerprint density at radius 1 is 1.20 bits per heavy atom. The van der Waals surface area contributed by atoms with Crippen LogP contribution in [0.15, 0.2) is 30.6 Å². The summed E-state index contributed by atoms with van der Waals surface area (Å²) < 4.78 is 28.1. The molecule has 2 aromatic heterocycles. The number of rotatable bonds is 14. The molecule has 1 unspecified atom stereocenters. The Labute approximate surface area is 240 Å². The fourth-order valence-corrected chi connectivity index (χ4v) is 5.83. The molecule has 15 heteroatoms. The molecule has 1 saturated heterocycles. The third-order valence-corrected chi connectivity index (χ3v) is 8.36. The predicted octanol–water partition coefficient (Wildman–Crippen LogP) is 1.00. The number of anilines is 1. The maximum Gasteiger partial charge on any atom is 0.323 e. The van der Waals surface area contributed by atoms with Crippen molar-refractivity contribution in [3.05, 3.63) is 41.9 Å². The van der Waals surface area contributed by atoms with Gasteiger partial charge in [-0.25, -0.2) is 18.2 Å². The predicted molar refractivity (Wildman–Crippen MR) is 153 cm³/mol. The third kappa shape index (κ3) is 10.1. The zero-order valence-corrected chi connectivity index (χ0v) is 24.6. The lowest BCUT2D eigenvalue weighted by atomic mass is 10.1. The minimum absolute atomic E-state index is 0.0148. The van der Waals surface area contributed by atoms with Crippen LogP contribution >= 0.6 is 0 Å². The average molecular weight is 593 g/mol. The van der Waals surface area contributed by atoms with Gasteiger partial charge in [0.2, 0.25) is 15.9 Å². The van der Waals surface area contributed by atoms with Crippen LogP contribution in [0.4, 0.5) is 10.6 Å². The molecule has 0 aromatic carbocycles. The smallest absolute Gasteiger partial charge is 0.323 e. The number of aliphatic carboxylic acids is 1. The van der Waals surface area contributed by atoms with Gasteiger partial charge in [-0.2, -0.15) is 9.82 Å². The van der Waals surface area contributed by atoms with Crippen LogP contribution in [0.5, 0.6) is 0 Å². The van der Waals surface area contributed by atoms with E-state index in [4.69, 9.17) is 0 Å². The van der Waals surface area contributed by atoms with Crippen LogP contribution in [0, 0.1) is 6.92 Å². The minimum atomic E-state index is -3.76. The molecule has 1 atom stereocenters. The van der Waals surface area contributed by atoms with E-state index in [0.29, 0.717) is 50.3 Å². The summed E-state index contributed by atoms with van der Waals surface area (Å²) in [6, 6.07) is 3.63. The quantitative estimate of drug-likeness (QED) is 0.249. The van der Waals surface area contributed by atoms with Gasteiger partial charge >= 0.3 is 12.0 Å². The fourth-order valence-electron chi connectivity index (χ4n) is 4.43. The van der Waals surface area contributed by atoms with E-state index in [-0.39, 0.29) is 43.4 Å². The lowest BCUT2D eigenvalue weighted by Crippen LogP contribution is -2.48. The molecule has 0 bridgehead atoms. The first-order valence-electron chi connectivity index (χ1n) is 13.7. The molecule has 1 aliphatic heterocycles. The molecule has 2 aromatic rings. The maximum atomic E-state index is 12.9. The number of carbonyl (C=O) groups excluding carboxylic acids is 2. The van der Waals surface area contributed by atoms with Gasteiger partial charge < -0.3 is 15.3 Å². The van der Waals surface area contributed by atoms with Crippen molar-refractivity contribution >= 4 is 33.7 Å². The second-order valence-electron chi connectivity index (χ2n) is 10.3. The van der Waals surface area contributed by atoms with Crippen LogP contribution in [0.2, 0.25) is 0 Å². The highest BCUT2D eigenvalue weighted by atomic mass is 32.2. The summed E-state index contributed by atoms with van der Waals surface area (Å²) >= 11 is 0. The highest BCUT2D eigenvalue weighted by Crippen LogP contribution is 2.13. The van der Waals surface area contributed by atoms with Gasteiger partial charge in [-0.15, -0.1) is 0 Å². The molecule has 1 fully saturated rings. The van der Waals surface area contributed by atoms with E-state index in [9.17, 15) is 27.9 Å². The number of hydrogen-bond donors (Lipinski definition) is 4. The molecule has 41 heavy (non-hydrogen) atoms. The van der Waals surface area contributed by atoms with E-state index in [2.05, 4.69) is 25.4 Å². The number of pyridine rings is 1. The third-order valence-electron chi connectivity index (χ3n) is 6.89. The first-order valence-corrected chi connectivity index (χ1v) is 15.3. The van der Waals surface area contributed by atoms with Crippen molar-refractivity contribution < 1.29 is 27.9 Å². The van der Waals surface area contributed by atoms with E-state index < -0.39 is 22.0 Å². The van der Waals surface area contributed by atoms with Crippen molar-refractivity contribution in [3.8, 4) is 0 Å². The fraction of sp³-hybridized carbons (Fsp3) is 0.577. The Balaban J connectivity index is 1.46. The number of urea groups is 1. The van der Waals surface area contributed by atoms with E-state index in [0.717, 1.165) is 5.56 Å². The van der Waals surface area contributed by atoms with Crippen molar-refractivity contribution in [1.82, 2.24) is 34.6 Å². The van der Waals surface area contributed by atoms with Gasteiger partial charge in [-0.3, -0.25) is 24.5 Å². The molecule has 0 spiro atoms. The van der Waals surface area contributed by atoms with Gasteiger partial charge in [0, 0.05) is 38.6 Å². The molecule has 4 N–H and O–H groups in total. The summed E-state index contributed by atoms with van der Waals surface area (Å²) in [7, 11) is -2.10. The summed E-state index contributed by atoms with van der Waals surface area (Å²) in [6.45, 7) is 5.18. The van der Waals surface area contributed by atoms with Gasteiger partial charge in [-0.1, -0.05) is 19.4 Å². The number of carboxylic acids is 1. The van der Waals surface area contributed by atoms with E-state index in [1.807, 2.05) is 24.8 Å². The van der Waals surface area contributed by atoms with Gasteiger partial charge in [0.1, 0.15) is 11.9 Å². The van der Waals surface area contributed by atoms with Gasteiger partial charge in [0.05, 0.1) is 31.1 Å². The number of carboxylic acid groups (broad SMARTS) is 1.